The Morgan fingerprint density at radius 3 is 2.62 bits per heavy atom. The number of aromatic amines is 2. The second-order valence-corrected chi connectivity index (χ2v) is 5.12. The Bertz CT molecular complexity index is 720. The normalized spacial score (nSPS) is 10.5. The molecule has 1 amide bonds. The molecule has 0 saturated heterocycles. The summed E-state index contributed by atoms with van der Waals surface area (Å²) in [5.41, 5.74) is 1.26. The van der Waals surface area contributed by atoms with Gasteiger partial charge in [-0.2, -0.15) is 0 Å². The number of aromatic nitrogens is 2. The third-order valence-corrected chi connectivity index (χ3v) is 3.41. The number of nitrogens with one attached hydrogen (secondary N) is 2. The fraction of sp³-hybridized carbons (Fsp3) is 0.286. The van der Waals surface area contributed by atoms with Crippen LogP contribution >= 0.6 is 11.6 Å². The van der Waals surface area contributed by atoms with Gasteiger partial charge < -0.3 is 19.6 Å². The molecule has 2 aromatic rings. The molecule has 0 spiro atoms. The maximum atomic E-state index is 12.3. The van der Waals surface area contributed by atoms with E-state index in [2.05, 4.69) is 9.97 Å². The van der Waals surface area contributed by atoms with Gasteiger partial charge in [-0.15, -0.1) is 0 Å². The van der Waals surface area contributed by atoms with Crippen molar-refractivity contribution < 1.29 is 9.53 Å². The second kappa shape index (κ2) is 6.05. The predicted octanol–water partition coefficient (Wildman–Crippen LogP) is 1.95. The summed E-state index contributed by atoms with van der Waals surface area (Å²) in [5, 5.41) is 0.488. The molecule has 0 atom stereocenters. The largest absolute Gasteiger partial charge is 0.495 e. The van der Waals surface area contributed by atoms with E-state index in [-0.39, 0.29) is 11.6 Å². The minimum atomic E-state index is -0.392. The third-order valence-electron chi connectivity index (χ3n) is 3.11. The van der Waals surface area contributed by atoms with Crippen LogP contribution in [0.15, 0.2) is 23.0 Å². The monoisotopic (exact) mass is 309 g/mol. The number of rotatable bonds is 4. The molecule has 0 aliphatic rings. The number of hydrogen-bond donors (Lipinski definition) is 2. The summed E-state index contributed by atoms with van der Waals surface area (Å²) in [7, 11) is 3.20. The van der Waals surface area contributed by atoms with E-state index in [9.17, 15) is 9.59 Å². The molecule has 0 unspecified atom stereocenters. The highest BCUT2D eigenvalue weighted by molar-refractivity contribution is 6.32. The Morgan fingerprint density at radius 1 is 1.38 bits per heavy atom. The number of ether oxygens (including phenoxy) is 1. The van der Waals surface area contributed by atoms with E-state index in [1.54, 1.807) is 33.2 Å². The van der Waals surface area contributed by atoms with Crippen LogP contribution in [-0.4, -0.2) is 34.9 Å². The van der Waals surface area contributed by atoms with Crippen LogP contribution in [0.4, 0.5) is 0 Å². The number of carbonyl (C=O) groups is 1. The average Bonchev–Trinajstić information content (AvgIpc) is 2.77. The lowest BCUT2D eigenvalue weighted by molar-refractivity contribution is 0.0779. The highest BCUT2D eigenvalue weighted by Crippen LogP contribution is 2.25. The van der Waals surface area contributed by atoms with E-state index in [0.717, 1.165) is 5.56 Å². The van der Waals surface area contributed by atoms with Gasteiger partial charge in [0.2, 0.25) is 0 Å². The number of carbonyl (C=O) groups excluding carboxylic acids is 1. The second-order valence-electron chi connectivity index (χ2n) is 4.71. The molecule has 112 valence electrons. The fourth-order valence-corrected chi connectivity index (χ4v) is 2.31. The van der Waals surface area contributed by atoms with E-state index in [1.807, 2.05) is 6.07 Å². The molecule has 0 fully saturated rings. The maximum Gasteiger partial charge on any atom is 0.323 e. The molecule has 6 nitrogen and oxygen atoms in total. The molecule has 2 rings (SSSR count). The number of methoxy groups -OCH3 is 1. The van der Waals surface area contributed by atoms with Crippen LogP contribution in [0.1, 0.15) is 21.7 Å². The molecular weight excluding hydrogens is 294 g/mol. The maximum absolute atomic E-state index is 12.3. The Balaban J connectivity index is 2.16. The van der Waals surface area contributed by atoms with Crippen molar-refractivity contribution in [3.8, 4) is 5.75 Å². The molecule has 7 heteroatoms. The lowest BCUT2D eigenvalue weighted by Gasteiger charge is -2.17. The Kier molecular flexibility index (Phi) is 4.37. The van der Waals surface area contributed by atoms with Gasteiger partial charge in [0.15, 0.2) is 0 Å². The van der Waals surface area contributed by atoms with Crippen LogP contribution in [0.25, 0.3) is 0 Å². The number of aryl methyl sites for hydroxylation is 1. The molecule has 0 radical (unpaired) electrons. The van der Waals surface area contributed by atoms with Crippen molar-refractivity contribution in [1.82, 2.24) is 14.9 Å². The Morgan fingerprint density at radius 2 is 2.10 bits per heavy atom. The van der Waals surface area contributed by atoms with Crippen LogP contribution in [-0.2, 0) is 6.54 Å². The number of halogens is 1. The summed E-state index contributed by atoms with van der Waals surface area (Å²) in [4.78, 5) is 30.0. The number of H-pyrrole nitrogens is 2. The van der Waals surface area contributed by atoms with Gasteiger partial charge in [-0.25, -0.2) is 4.79 Å². The van der Waals surface area contributed by atoms with Crippen LogP contribution in [0.5, 0.6) is 5.75 Å². The van der Waals surface area contributed by atoms with Gasteiger partial charge >= 0.3 is 5.69 Å². The van der Waals surface area contributed by atoms with Gasteiger partial charge in [-0.3, -0.25) is 4.79 Å². The molecule has 0 saturated carbocycles. The summed E-state index contributed by atoms with van der Waals surface area (Å²) in [6.07, 6.45) is 0. The first-order valence-corrected chi connectivity index (χ1v) is 6.67. The van der Waals surface area contributed by atoms with Crippen molar-refractivity contribution in [2.24, 2.45) is 0 Å². The minimum Gasteiger partial charge on any atom is -0.495 e. The first kappa shape index (κ1) is 15.2. The van der Waals surface area contributed by atoms with Crippen molar-refractivity contribution in [3.63, 3.8) is 0 Å². The molecule has 0 aliphatic heterocycles. The highest BCUT2D eigenvalue weighted by atomic mass is 35.5. The average molecular weight is 310 g/mol. The van der Waals surface area contributed by atoms with Crippen molar-refractivity contribution in [1.29, 1.82) is 0 Å². The predicted molar refractivity (Wildman–Crippen MR) is 80.0 cm³/mol. The summed E-state index contributed by atoms with van der Waals surface area (Å²) in [6.45, 7) is 2.04. The number of nitrogens with zero attached hydrogens (tertiary/aromatic N) is 1. The van der Waals surface area contributed by atoms with E-state index in [4.69, 9.17) is 16.3 Å². The van der Waals surface area contributed by atoms with Crippen molar-refractivity contribution in [3.05, 3.63) is 50.7 Å². The van der Waals surface area contributed by atoms with E-state index < -0.39 is 5.69 Å². The van der Waals surface area contributed by atoms with Gasteiger partial charge in [-0.1, -0.05) is 17.7 Å². The van der Waals surface area contributed by atoms with Crippen molar-refractivity contribution in [2.75, 3.05) is 14.2 Å². The fourth-order valence-electron chi connectivity index (χ4n) is 2.03. The lowest BCUT2D eigenvalue weighted by Crippen LogP contribution is -2.27. The van der Waals surface area contributed by atoms with Gasteiger partial charge in [-0.05, 0) is 24.6 Å². The first-order valence-electron chi connectivity index (χ1n) is 6.29. The van der Waals surface area contributed by atoms with Crippen LogP contribution in [0, 0.1) is 6.92 Å². The molecule has 21 heavy (non-hydrogen) atoms. The highest BCUT2D eigenvalue weighted by Gasteiger charge is 2.17. The summed E-state index contributed by atoms with van der Waals surface area (Å²) in [5.74, 6) is 0.318. The molecular formula is C14H16ClN3O3. The first-order chi connectivity index (χ1) is 9.92. The molecule has 0 bridgehead atoms. The Labute approximate surface area is 126 Å². The number of hydrogen-bond acceptors (Lipinski definition) is 3. The standard InChI is InChI=1S/C14H16ClN3O3/c1-8-12(17-14(20)16-8)13(19)18(2)7-9-4-5-11(21-3)10(15)6-9/h4-6H,7H2,1-3H3,(H2,16,17,20). The quantitative estimate of drug-likeness (QED) is 0.906. The van der Waals surface area contributed by atoms with Gasteiger partial charge in [0.05, 0.1) is 12.1 Å². The number of benzene rings is 1. The smallest absolute Gasteiger partial charge is 0.323 e. The van der Waals surface area contributed by atoms with E-state index in [0.29, 0.717) is 23.0 Å². The van der Waals surface area contributed by atoms with Gasteiger partial charge in [0.1, 0.15) is 11.4 Å². The SMILES string of the molecule is COc1ccc(CN(C)C(=O)c2[nH]c(=O)[nH]c2C)cc1Cl. The van der Waals surface area contributed by atoms with E-state index in [1.165, 1.54) is 4.90 Å². The molecule has 1 aromatic heterocycles. The molecule has 0 aliphatic carbocycles. The molecule has 1 heterocycles. The summed E-state index contributed by atoms with van der Waals surface area (Å²) >= 11 is 6.06. The minimum absolute atomic E-state index is 0.266. The zero-order valence-corrected chi connectivity index (χ0v) is 12.7. The van der Waals surface area contributed by atoms with Crippen LogP contribution < -0.4 is 10.4 Å². The topological polar surface area (TPSA) is 78.2 Å². The third kappa shape index (κ3) is 3.28. The Hall–Kier alpha value is -2.21. The van der Waals surface area contributed by atoms with E-state index >= 15 is 0 Å². The molecule has 1 aromatic carbocycles. The zero-order chi connectivity index (χ0) is 15.6. The van der Waals surface area contributed by atoms with Crippen LogP contribution in [0.3, 0.4) is 0 Å². The molecule has 2 N–H and O–H groups in total. The van der Waals surface area contributed by atoms with Crippen LogP contribution in [0.2, 0.25) is 5.02 Å². The summed E-state index contributed by atoms with van der Waals surface area (Å²) in [6, 6.07) is 5.33. The van der Waals surface area contributed by atoms with Crippen molar-refractivity contribution in [2.45, 2.75) is 13.5 Å². The number of imidazole rings is 1. The van der Waals surface area contributed by atoms with Gasteiger partial charge in [0, 0.05) is 19.3 Å². The zero-order valence-electron chi connectivity index (χ0n) is 12.0. The summed E-state index contributed by atoms with van der Waals surface area (Å²) < 4.78 is 5.08. The number of amides is 1. The van der Waals surface area contributed by atoms with Gasteiger partial charge in [0.25, 0.3) is 5.91 Å². The lowest BCUT2D eigenvalue weighted by atomic mass is 10.2. The van der Waals surface area contributed by atoms with Crippen molar-refractivity contribution >= 4 is 17.5 Å².